The van der Waals surface area contributed by atoms with Crippen molar-refractivity contribution in [3.8, 4) is 11.4 Å². The summed E-state index contributed by atoms with van der Waals surface area (Å²) in [7, 11) is -4.04. The van der Waals surface area contributed by atoms with Crippen molar-refractivity contribution in [1.82, 2.24) is 9.97 Å². The minimum absolute atomic E-state index is 0.421. The second kappa shape index (κ2) is 5.46. The summed E-state index contributed by atoms with van der Waals surface area (Å²) in [4.78, 5) is 8.40. The molecule has 0 aliphatic carbocycles. The van der Waals surface area contributed by atoms with Gasteiger partial charge in [-0.15, -0.1) is 0 Å². The maximum atomic E-state index is 10.9. The fourth-order valence-electron chi connectivity index (χ4n) is 1.75. The first-order valence-electron chi connectivity index (χ1n) is 5.83. The topological polar surface area (TPSA) is 80.2 Å². The van der Waals surface area contributed by atoms with Crippen LogP contribution in [-0.2, 0) is 22.3 Å². The van der Waals surface area contributed by atoms with E-state index in [0.717, 1.165) is 12.0 Å². The van der Waals surface area contributed by atoms with Crippen LogP contribution < -0.4 is 0 Å². The van der Waals surface area contributed by atoms with Gasteiger partial charge in [0, 0.05) is 12.4 Å². The Balaban J connectivity index is 2.37. The Labute approximate surface area is 112 Å². The highest BCUT2D eigenvalue weighted by atomic mass is 32.2. The lowest BCUT2D eigenvalue weighted by Gasteiger charge is -2.04. The largest absolute Gasteiger partial charge is 0.285 e. The Bertz CT molecular complexity index is 684. The molecule has 0 saturated carbocycles. The van der Waals surface area contributed by atoms with Crippen LogP contribution in [0, 0.1) is 0 Å². The van der Waals surface area contributed by atoms with E-state index in [0.29, 0.717) is 17.0 Å². The van der Waals surface area contributed by atoms with Crippen molar-refractivity contribution in [2.45, 2.75) is 19.1 Å². The maximum absolute atomic E-state index is 10.9. The van der Waals surface area contributed by atoms with E-state index in [2.05, 4.69) is 9.97 Å². The monoisotopic (exact) mass is 278 g/mol. The van der Waals surface area contributed by atoms with Crippen LogP contribution in [0.25, 0.3) is 11.4 Å². The molecule has 0 radical (unpaired) electrons. The van der Waals surface area contributed by atoms with Gasteiger partial charge >= 0.3 is 0 Å². The summed E-state index contributed by atoms with van der Waals surface area (Å²) >= 11 is 0. The van der Waals surface area contributed by atoms with Gasteiger partial charge in [0.05, 0.1) is 11.4 Å². The Hall–Kier alpha value is -1.79. The highest BCUT2D eigenvalue weighted by Gasteiger charge is 2.09. The van der Waals surface area contributed by atoms with Crippen LogP contribution in [0.1, 0.15) is 18.1 Å². The molecule has 2 heterocycles. The quantitative estimate of drug-likeness (QED) is 0.866. The molecular weight excluding hydrogens is 264 g/mol. The van der Waals surface area contributed by atoms with Gasteiger partial charge in [-0.1, -0.05) is 6.92 Å². The second-order valence-corrected chi connectivity index (χ2v) is 5.63. The van der Waals surface area contributed by atoms with Crippen LogP contribution in [-0.4, -0.2) is 22.9 Å². The second-order valence-electron chi connectivity index (χ2n) is 4.18. The van der Waals surface area contributed by atoms with Crippen molar-refractivity contribution >= 4 is 10.1 Å². The van der Waals surface area contributed by atoms with E-state index in [4.69, 9.17) is 4.55 Å². The fourth-order valence-corrected chi connectivity index (χ4v) is 2.35. The molecule has 19 heavy (non-hydrogen) atoms. The van der Waals surface area contributed by atoms with E-state index in [9.17, 15) is 8.42 Å². The van der Waals surface area contributed by atoms with Gasteiger partial charge < -0.3 is 0 Å². The Kier molecular flexibility index (Phi) is 3.92. The molecule has 1 N–H and O–H groups in total. The zero-order valence-electron chi connectivity index (χ0n) is 10.4. The minimum Gasteiger partial charge on any atom is -0.285 e. The van der Waals surface area contributed by atoms with Crippen LogP contribution in [0.3, 0.4) is 0 Å². The molecule has 0 aliphatic heterocycles. The Morgan fingerprint density at radius 3 is 2.11 bits per heavy atom. The number of aryl methyl sites for hydroxylation is 1. The molecule has 0 spiro atoms. The zero-order chi connectivity index (χ0) is 13.9. The zero-order valence-corrected chi connectivity index (χ0v) is 11.3. The van der Waals surface area contributed by atoms with E-state index in [1.807, 2.05) is 19.1 Å². The van der Waals surface area contributed by atoms with Gasteiger partial charge in [-0.2, -0.15) is 8.42 Å². The predicted molar refractivity (Wildman–Crippen MR) is 72.1 cm³/mol. The van der Waals surface area contributed by atoms with Crippen LogP contribution in [0.15, 0.2) is 36.7 Å². The molecule has 2 aromatic rings. The molecule has 0 fully saturated rings. The van der Waals surface area contributed by atoms with Crippen LogP contribution >= 0.6 is 0 Å². The Morgan fingerprint density at radius 2 is 1.58 bits per heavy atom. The lowest BCUT2D eigenvalue weighted by atomic mass is 10.1. The van der Waals surface area contributed by atoms with E-state index in [1.54, 1.807) is 18.3 Å². The summed E-state index contributed by atoms with van der Waals surface area (Å²) in [6.45, 7) is 2.04. The van der Waals surface area contributed by atoms with Gasteiger partial charge in [0.25, 0.3) is 10.1 Å². The average molecular weight is 278 g/mol. The highest BCUT2D eigenvalue weighted by molar-refractivity contribution is 7.85. The van der Waals surface area contributed by atoms with Gasteiger partial charge in [-0.25, -0.2) is 0 Å². The molecule has 0 saturated heterocycles. The number of aromatic nitrogens is 2. The minimum atomic E-state index is -4.04. The van der Waals surface area contributed by atoms with Crippen molar-refractivity contribution in [3.05, 3.63) is 47.8 Å². The summed E-state index contributed by atoms with van der Waals surface area (Å²) in [6, 6.07) is 7.02. The molecule has 5 nitrogen and oxygen atoms in total. The average Bonchev–Trinajstić information content (AvgIpc) is 2.37. The molecule has 0 unspecified atom stereocenters. The molecule has 100 valence electrons. The van der Waals surface area contributed by atoms with Gasteiger partial charge in [0.1, 0.15) is 5.75 Å². The molecule has 6 heteroatoms. The van der Waals surface area contributed by atoms with Crippen molar-refractivity contribution in [2.75, 3.05) is 0 Å². The van der Waals surface area contributed by atoms with Crippen molar-refractivity contribution < 1.29 is 13.0 Å². The Morgan fingerprint density at radius 1 is 1.05 bits per heavy atom. The van der Waals surface area contributed by atoms with Gasteiger partial charge in [0.2, 0.25) is 0 Å². The number of hydrogen-bond acceptors (Lipinski definition) is 4. The number of pyridine rings is 2. The molecule has 0 atom stereocenters. The highest BCUT2D eigenvalue weighted by Crippen LogP contribution is 2.17. The van der Waals surface area contributed by atoms with E-state index >= 15 is 0 Å². The molecule has 0 aliphatic rings. The number of nitrogens with zero attached hydrogens (tertiary/aromatic N) is 2. The lowest BCUT2D eigenvalue weighted by molar-refractivity contribution is 0.482. The summed E-state index contributed by atoms with van der Waals surface area (Å²) in [5.41, 5.74) is 2.90. The van der Waals surface area contributed by atoms with Crippen molar-refractivity contribution in [3.63, 3.8) is 0 Å². The van der Waals surface area contributed by atoms with Gasteiger partial charge in [-0.05, 0) is 41.8 Å². The van der Waals surface area contributed by atoms with Crippen LogP contribution in [0.2, 0.25) is 0 Å². The summed E-state index contributed by atoms with van der Waals surface area (Å²) < 4.78 is 30.6. The maximum Gasteiger partial charge on any atom is 0.269 e. The molecular formula is C13H14N2O3S. The standard InChI is InChI=1S/C13H14N2O3S/c1-2-10-3-5-14-12(7-10)13-8-11(4-6-15-13)9-19(16,17)18/h3-8H,2,9H2,1H3,(H,16,17,18). The molecule has 2 rings (SSSR count). The van der Waals surface area contributed by atoms with E-state index in [1.165, 1.54) is 6.20 Å². The first-order chi connectivity index (χ1) is 8.98. The smallest absolute Gasteiger partial charge is 0.269 e. The third kappa shape index (κ3) is 3.84. The molecule has 0 aromatic carbocycles. The number of rotatable bonds is 4. The van der Waals surface area contributed by atoms with Gasteiger partial charge in [-0.3, -0.25) is 14.5 Å². The molecule has 0 bridgehead atoms. The summed E-state index contributed by atoms with van der Waals surface area (Å²) in [5.74, 6) is -0.421. The van der Waals surface area contributed by atoms with Crippen molar-refractivity contribution in [1.29, 1.82) is 0 Å². The SMILES string of the molecule is CCc1ccnc(-c2cc(CS(=O)(=O)O)ccn2)c1. The third-order valence-corrected chi connectivity index (χ3v) is 3.37. The van der Waals surface area contributed by atoms with Gasteiger partial charge in [0.15, 0.2) is 0 Å². The first kappa shape index (κ1) is 13.6. The summed E-state index contributed by atoms with van der Waals surface area (Å²) in [5, 5.41) is 0. The third-order valence-electron chi connectivity index (χ3n) is 2.67. The predicted octanol–water partition coefficient (Wildman–Crippen LogP) is 2.09. The van der Waals surface area contributed by atoms with E-state index < -0.39 is 15.9 Å². The first-order valence-corrected chi connectivity index (χ1v) is 7.44. The number of hydrogen-bond donors (Lipinski definition) is 1. The molecule has 0 amide bonds. The van der Waals surface area contributed by atoms with Crippen LogP contribution in [0.4, 0.5) is 0 Å². The van der Waals surface area contributed by atoms with E-state index in [-0.39, 0.29) is 0 Å². The fraction of sp³-hybridized carbons (Fsp3) is 0.231. The summed E-state index contributed by atoms with van der Waals surface area (Å²) in [6.07, 6.45) is 4.10. The normalized spacial score (nSPS) is 11.5. The van der Waals surface area contributed by atoms with Crippen molar-refractivity contribution in [2.24, 2.45) is 0 Å². The van der Waals surface area contributed by atoms with Crippen LogP contribution in [0.5, 0.6) is 0 Å². The molecule has 2 aromatic heterocycles. The lowest BCUT2D eigenvalue weighted by Crippen LogP contribution is -2.02.